The van der Waals surface area contributed by atoms with Crippen molar-refractivity contribution in [3.05, 3.63) is 53.2 Å². The summed E-state index contributed by atoms with van der Waals surface area (Å²) in [6, 6.07) is 11.3. The Labute approximate surface area is 176 Å². The van der Waals surface area contributed by atoms with Gasteiger partial charge in [0.25, 0.3) is 0 Å². The van der Waals surface area contributed by atoms with Crippen LogP contribution in [0.15, 0.2) is 42.6 Å². The Hall–Kier alpha value is -2.44. The maximum absolute atomic E-state index is 12.6. The number of carbonyl (C=O) groups is 2. The number of rotatable bonds is 6. The van der Waals surface area contributed by atoms with Crippen LogP contribution in [0.5, 0.6) is 0 Å². The summed E-state index contributed by atoms with van der Waals surface area (Å²) in [5.74, 6) is 0.634. The zero-order chi connectivity index (χ0) is 20.8. The van der Waals surface area contributed by atoms with Crippen LogP contribution in [0.1, 0.15) is 38.2 Å². The molecule has 0 spiro atoms. The number of pyridine rings is 1. The van der Waals surface area contributed by atoms with Crippen molar-refractivity contribution in [1.82, 2.24) is 9.88 Å². The summed E-state index contributed by atoms with van der Waals surface area (Å²) in [7, 11) is 0. The number of anilines is 2. The maximum Gasteiger partial charge on any atom is 0.238 e. The minimum Gasteiger partial charge on any atom is -0.325 e. The van der Waals surface area contributed by atoms with Crippen LogP contribution in [0, 0.1) is 5.92 Å². The number of halogens is 1. The molecule has 3 rings (SSSR count). The van der Waals surface area contributed by atoms with Gasteiger partial charge in [-0.3, -0.25) is 14.5 Å². The lowest BCUT2D eigenvalue weighted by Crippen LogP contribution is -2.44. The molecule has 1 atom stereocenters. The fraction of sp³-hybridized carbons (Fsp3) is 0.409. The van der Waals surface area contributed by atoms with Crippen molar-refractivity contribution in [3.63, 3.8) is 0 Å². The molecule has 1 fully saturated rings. The lowest BCUT2D eigenvalue weighted by molar-refractivity contribution is -0.123. The molecule has 1 unspecified atom stereocenters. The van der Waals surface area contributed by atoms with Gasteiger partial charge in [0.2, 0.25) is 11.8 Å². The lowest BCUT2D eigenvalue weighted by Gasteiger charge is -2.31. The van der Waals surface area contributed by atoms with Crippen LogP contribution in [0.3, 0.4) is 0 Å². The second-order valence-electron chi connectivity index (χ2n) is 7.75. The van der Waals surface area contributed by atoms with Gasteiger partial charge in [0, 0.05) is 18.4 Å². The molecule has 6 nitrogen and oxygen atoms in total. The van der Waals surface area contributed by atoms with Gasteiger partial charge in [-0.2, -0.15) is 0 Å². The molecule has 29 heavy (non-hydrogen) atoms. The van der Waals surface area contributed by atoms with Crippen molar-refractivity contribution >= 4 is 34.9 Å². The van der Waals surface area contributed by atoms with E-state index in [1.165, 1.54) is 11.8 Å². The molecule has 1 aromatic carbocycles. The van der Waals surface area contributed by atoms with E-state index in [1.807, 2.05) is 29.2 Å². The average Bonchev–Trinajstić information content (AvgIpc) is 2.70. The number of piperidine rings is 1. The van der Waals surface area contributed by atoms with Crippen LogP contribution >= 0.6 is 11.6 Å². The summed E-state index contributed by atoms with van der Waals surface area (Å²) in [4.78, 5) is 31.1. The Kier molecular flexibility index (Phi) is 7.23. The third-order valence-corrected chi connectivity index (χ3v) is 5.31. The summed E-state index contributed by atoms with van der Waals surface area (Å²) in [6.07, 6.45) is 3.18. The molecule has 154 valence electrons. The molecule has 1 aliphatic heterocycles. The second-order valence-corrected chi connectivity index (χ2v) is 8.19. The topological polar surface area (TPSA) is 74.3 Å². The highest BCUT2D eigenvalue weighted by atomic mass is 35.5. The number of hydrogen-bond donors (Lipinski definition) is 2. The minimum absolute atomic E-state index is 0.0669. The quantitative estimate of drug-likeness (QED) is 0.744. The van der Waals surface area contributed by atoms with Crippen LogP contribution in [0.4, 0.5) is 11.5 Å². The zero-order valence-corrected chi connectivity index (χ0v) is 17.6. The SMILES string of the molecule is CC(C)c1ccc(NC(=O)CN2CCCC(C(=O)Nc3ccc(Cl)cn3)C2)cc1. The standard InChI is InChI=1S/C22H27ClN4O2/c1-15(2)16-5-8-19(9-6-16)25-21(28)14-27-11-3-4-17(13-27)22(29)26-20-10-7-18(23)12-24-20/h5-10,12,15,17H,3-4,11,13-14H2,1-2H3,(H,25,28)(H,24,26,29). The second kappa shape index (κ2) is 9.85. The zero-order valence-electron chi connectivity index (χ0n) is 16.8. The van der Waals surface area contributed by atoms with Gasteiger partial charge < -0.3 is 10.6 Å². The molecule has 1 aliphatic rings. The van der Waals surface area contributed by atoms with E-state index in [0.717, 1.165) is 25.1 Å². The van der Waals surface area contributed by atoms with E-state index in [-0.39, 0.29) is 24.3 Å². The highest BCUT2D eigenvalue weighted by molar-refractivity contribution is 6.30. The number of likely N-dealkylation sites (tertiary alicyclic amines) is 1. The third kappa shape index (κ3) is 6.27. The number of nitrogens with zero attached hydrogens (tertiary/aromatic N) is 2. The van der Waals surface area contributed by atoms with E-state index < -0.39 is 0 Å². The normalized spacial score (nSPS) is 17.2. The first kappa shape index (κ1) is 21.3. The number of nitrogens with one attached hydrogen (secondary N) is 2. The summed E-state index contributed by atoms with van der Waals surface area (Å²) in [6.45, 7) is 5.91. The van der Waals surface area contributed by atoms with Gasteiger partial charge in [-0.15, -0.1) is 0 Å². The van der Waals surface area contributed by atoms with E-state index in [2.05, 4.69) is 29.5 Å². The molecule has 0 bridgehead atoms. The van der Waals surface area contributed by atoms with Crippen molar-refractivity contribution in [2.24, 2.45) is 5.92 Å². The van der Waals surface area contributed by atoms with Crippen LogP contribution < -0.4 is 10.6 Å². The van der Waals surface area contributed by atoms with Crippen LogP contribution in [0.2, 0.25) is 5.02 Å². The van der Waals surface area contributed by atoms with Gasteiger partial charge in [-0.1, -0.05) is 37.6 Å². The van der Waals surface area contributed by atoms with Gasteiger partial charge in [0.15, 0.2) is 0 Å². The van der Waals surface area contributed by atoms with Crippen LogP contribution in [0.25, 0.3) is 0 Å². The Morgan fingerprint density at radius 1 is 1.17 bits per heavy atom. The number of aromatic nitrogens is 1. The first-order valence-corrected chi connectivity index (χ1v) is 10.3. The van der Waals surface area contributed by atoms with Crippen molar-refractivity contribution in [3.8, 4) is 0 Å². The molecule has 0 saturated carbocycles. The van der Waals surface area contributed by atoms with Crippen LogP contribution in [-0.2, 0) is 9.59 Å². The van der Waals surface area contributed by atoms with Crippen molar-refractivity contribution in [2.75, 3.05) is 30.3 Å². The Morgan fingerprint density at radius 3 is 2.59 bits per heavy atom. The van der Waals surface area contributed by atoms with Crippen LogP contribution in [-0.4, -0.2) is 41.3 Å². The van der Waals surface area contributed by atoms with Gasteiger partial charge in [0.1, 0.15) is 5.82 Å². The van der Waals surface area contributed by atoms with E-state index in [4.69, 9.17) is 11.6 Å². The van der Waals surface area contributed by atoms with E-state index >= 15 is 0 Å². The number of hydrogen-bond acceptors (Lipinski definition) is 4. The van der Waals surface area contributed by atoms with Crippen molar-refractivity contribution < 1.29 is 9.59 Å². The third-order valence-electron chi connectivity index (χ3n) is 5.08. The molecule has 2 amide bonds. The molecular formula is C22H27ClN4O2. The molecular weight excluding hydrogens is 388 g/mol. The Bertz CT molecular complexity index is 837. The molecule has 2 aromatic rings. The highest BCUT2D eigenvalue weighted by Crippen LogP contribution is 2.20. The summed E-state index contributed by atoms with van der Waals surface area (Å²) < 4.78 is 0. The largest absolute Gasteiger partial charge is 0.325 e. The van der Waals surface area contributed by atoms with Gasteiger partial charge >= 0.3 is 0 Å². The predicted molar refractivity (Wildman–Crippen MR) is 116 cm³/mol. The number of amides is 2. The van der Waals surface area contributed by atoms with Crippen molar-refractivity contribution in [1.29, 1.82) is 0 Å². The van der Waals surface area contributed by atoms with E-state index in [9.17, 15) is 9.59 Å². The molecule has 0 radical (unpaired) electrons. The summed E-state index contributed by atoms with van der Waals surface area (Å²) in [5, 5.41) is 6.30. The minimum atomic E-state index is -0.167. The number of carbonyl (C=O) groups excluding carboxylic acids is 2. The Balaban J connectivity index is 1.50. The monoisotopic (exact) mass is 414 g/mol. The van der Waals surface area contributed by atoms with Gasteiger partial charge in [-0.05, 0) is 55.1 Å². The van der Waals surface area contributed by atoms with E-state index in [1.54, 1.807) is 12.1 Å². The number of benzene rings is 1. The molecule has 7 heteroatoms. The van der Waals surface area contributed by atoms with Gasteiger partial charge in [-0.25, -0.2) is 4.98 Å². The molecule has 1 aromatic heterocycles. The molecule has 1 saturated heterocycles. The predicted octanol–water partition coefficient (Wildman–Crippen LogP) is 4.15. The Morgan fingerprint density at radius 2 is 1.93 bits per heavy atom. The summed E-state index contributed by atoms with van der Waals surface area (Å²) in [5.41, 5.74) is 2.03. The maximum atomic E-state index is 12.6. The van der Waals surface area contributed by atoms with Crippen molar-refractivity contribution in [2.45, 2.75) is 32.6 Å². The fourth-order valence-corrected chi connectivity index (χ4v) is 3.56. The molecule has 2 N–H and O–H groups in total. The smallest absolute Gasteiger partial charge is 0.238 e. The average molecular weight is 415 g/mol. The summed E-state index contributed by atoms with van der Waals surface area (Å²) >= 11 is 5.82. The van der Waals surface area contributed by atoms with E-state index in [0.29, 0.717) is 23.3 Å². The lowest BCUT2D eigenvalue weighted by atomic mass is 9.97. The molecule has 2 heterocycles. The molecule has 0 aliphatic carbocycles. The first-order chi connectivity index (χ1) is 13.9. The van der Waals surface area contributed by atoms with Gasteiger partial charge in [0.05, 0.1) is 17.5 Å². The highest BCUT2D eigenvalue weighted by Gasteiger charge is 2.27. The first-order valence-electron chi connectivity index (χ1n) is 9.95. The fourth-order valence-electron chi connectivity index (χ4n) is 3.45.